The Bertz CT molecular complexity index is 4930. The van der Waals surface area contributed by atoms with Crippen LogP contribution in [0.1, 0.15) is 47.6 Å². The lowest BCUT2D eigenvalue weighted by Crippen LogP contribution is -2.43. The molecular formula is C79H56N2. The maximum atomic E-state index is 2.57. The zero-order chi connectivity index (χ0) is 53.3. The van der Waals surface area contributed by atoms with E-state index < -0.39 is 0 Å². The lowest BCUT2D eigenvalue weighted by molar-refractivity contribution is 0.184. The number of benzene rings is 12. The molecule has 0 aliphatic heterocycles. The van der Waals surface area contributed by atoms with Gasteiger partial charge in [0.1, 0.15) is 0 Å². The van der Waals surface area contributed by atoms with Crippen LogP contribution in [0.25, 0.3) is 127 Å². The molecule has 1 saturated carbocycles. The summed E-state index contributed by atoms with van der Waals surface area (Å²) < 4.78 is 4.84. The van der Waals surface area contributed by atoms with Gasteiger partial charge >= 0.3 is 0 Å². The summed E-state index contributed by atoms with van der Waals surface area (Å²) in [5, 5.41) is 7.80. The second-order valence-corrected chi connectivity index (χ2v) is 23.3. The van der Waals surface area contributed by atoms with Gasteiger partial charge in [0, 0.05) is 32.9 Å². The predicted molar refractivity (Wildman–Crippen MR) is 341 cm³/mol. The Kier molecular flexibility index (Phi) is 10.2. The van der Waals surface area contributed by atoms with E-state index in [0.717, 1.165) is 11.4 Å². The first-order valence-electron chi connectivity index (χ1n) is 28.9. The van der Waals surface area contributed by atoms with Crippen molar-refractivity contribution in [3.8, 4) is 67.0 Å². The second kappa shape index (κ2) is 17.9. The molecular weight excluding hydrogens is 977 g/mol. The van der Waals surface area contributed by atoms with Crippen LogP contribution in [0.2, 0.25) is 0 Å². The van der Waals surface area contributed by atoms with E-state index in [-0.39, 0.29) is 5.41 Å². The Morgan fingerprint density at radius 1 is 0.333 bits per heavy atom. The van der Waals surface area contributed by atoms with Crippen molar-refractivity contribution in [3.63, 3.8) is 0 Å². The molecule has 3 aliphatic rings. The van der Waals surface area contributed by atoms with Crippen LogP contribution in [0.15, 0.2) is 267 Å². The van der Waals surface area contributed by atoms with Gasteiger partial charge < -0.3 is 9.13 Å². The summed E-state index contributed by atoms with van der Waals surface area (Å²) in [7, 11) is 0. The van der Waals surface area contributed by atoms with Gasteiger partial charge in [-0.2, -0.15) is 0 Å². The van der Waals surface area contributed by atoms with Crippen molar-refractivity contribution in [1.82, 2.24) is 9.13 Å². The fraction of sp³-hybridized carbons (Fsp3) is 0.0886. The van der Waals surface area contributed by atoms with E-state index in [1.54, 1.807) is 0 Å². The van der Waals surface area contributed by atoms with Crippen molar-refractivity contribution >= 4 is 60.0 Å². The number of rotatable bonds is 8. The summed E-state index contributed by atoms with van der Waals surface area (Å²) in [6.45, 7) is 2.46. The van der Waals surface area contributed by atoms with Crippen molar-refractivity contribution < 1.29 is 0 Å². The van der Waals surface area contributed by atoms with Crippen LogP contribution in [0.5, 0.6) is 0 Å². The van der Waals surface area contributed by atoms with Gasteiger partial charge in [-0.15, -0.1) is 0 Å². The number of nitrogens with zero attached hydrogens (tertiary/aromatic N) is 2. The van der Waals surface area contributed by atoms with Crippen LogP contribution in [0.4, 0.5) is 0 Å². The third-order valence-corrected chi connectivity index (χ3v) is 19.0. The van der Waals surface area contributed by atoms with Gasteiger partial charge in [-0.1, -0.05) is 201 Å². The molecule has 2 nitrogen and oxygen atoms in total. The molecule has 0 bridgehead atoms. The molecule has 2 heteroatoms. The van der Waals surface area contributed by atoms with Gasteiger partial charge in [-0.05, 0) is 210 Å². The summed E-state index contributed by atoms with van der Waals surface area (Å²) in [5.74, 6) is 0.601. The zero-order valence-electron chi connectivity index (χ0n) is 45.2. The standard InChI is InChI=1S/C79H56N2/c1-79-43-42-61(79)49-71(67-18-4-7-21-74(67)79)59-15-11-13-55(45-59)57-34-41-78-73(47-57)69-20-6-9-23-76(69)81(78)63-37-30-53(31-38-63)51-26-24-50(25-27-51)52-28-35-62(36-29-52)80-75-22-8-5-19-68(75)72-46-56(33-40-77(72)80)54-12-10-14-58(44-54)70-48-60-32-39-64(60)65-16-2-3-17-66(65)70/h2-31,33-38,40-41,44-49,61H,32,39,42-43H2,1H3. The highest BCUT2D eigenvalue weighted by molar-refractivity contribution is 6.12. The molecule has 0 N–H and O–H groups in total. The highest BCUT2D eigenvalue weighted by Crippen LogP contribution is 2.56. The van der Waals surface area contributed by atoms with Crippen LogP contribution in [0, 0.1) is 5.92 Å². The van der Waals surface area contributed by atoms with E-state index in [1.165, 1.54) is 169 Å². The molecule has 2 unspecified atom stereocenters. The SMILES string of the molecule is CC12CCC1C=C(c1cccc(-c3ccc4c(c3)c3ccccc3n4-c3ccc(-c4ccc(-c5ccc(-n6c7ccccc7c7cc(-c8cccc(-c9cc%10c(c%11ccccc9%11)CC%10)c8)ccc76)cc5)cc4)cc3)c1)c1ccccc12. The number of aryl methyl sites for hydroxylation is 2. The zero-order valence-corrected chi connectivity index (χ0v) is 45.2. The maximum Gasteiger partial charge on any atom is 0.0541 e. The van der Waals surface area contributed by atoms with Gasteiger partial charge in [0.25, 0.3) is 0 Å². The van der Waals surface area contributed by atoms with Crippen LogP contribution >= 0.6 is 0 Å². The first-order chi connectivity index (χ1) is 40.0. The quantitative estimate of drug-likeness (QED) is 0.144. The molecule has 2 aromatic heterocycles. The van der Waals surface area contributed by atoms with E-state index in [4.69, 9.17) is 0 Å². The normalized spacial score (nSPS) is 16.3. The summed E-state index contributed by atoms with van der Waals surface area (Å²) in [4.78, 5) is 0. The van der Waals surface area contributed by atoms with E-state index in [9.17, 15) is 0 Å². The van der Waals surface area contributed by atoms with Gasteiger partial charge in [0.15, 0.2) is 0 Å². The van der Waals surface area contributed by atoms with E-state index in [1.807, 2.05) is 0 Å². The topological polar surface area (TPSA) is 9.86 Å². The van der Waals surface area contributed by atoms with E-state index in [0.29, 0.717) is 5.92 Å². The molecule has 0 spiro atoms. The first kappa shape index (κ1) is 46.2. The average Bonchev–Trinajstić information content (AvgIpc) is 3.96. The largest absolute Gasteiger partial charge is 0.309 e. The minimum atomic E-state index is 0.264. The van der Waals surface area contributed by atoms with Crippen LogP contribution in [0.3, 0.4) is 0 Å². The van der Waals surface area contributed by atoms with Gasteiger partial charge in [0.2, 0.25) is 0 Å². The predicted octanol–water partition coefficient (Wildman–Crippen LogP) is 20.6. The number of para-hydroxylation sites is 2. The Hall–Kier alpha value is -9.76. The molecule has 3 aliphatic carbocycles. The third-order valence-electron chi connectivity index (χ3n) is 19.0. The molecule has 81 heavy (non-hydrogen) atoms. The number of hydrogen-bond donors (Lipinski definition) is 0. The van der Waals surface area contributed by atoms with Crippen molar-refractivity contribution in [2.24, 2.45) is 5.92 Å². The molecule has 1 fully saturated rings. The highest BCUT2D eigenvalue weighted by Gasteiger charge is 2.46. The monoisotopic (exact) mass is 1030 g/mol. The number of fused-ring (bicyclic) bond motifs is 12. The molecule has 17 rings (SSSR count). The minimum absolute atomic E-state index is 0.264. The van der Waals surface area contributed by atoms with Crippen LogP contribution in [-0.2, 0) is 18.3 Å². The second-order valence-electron chi connectivity index (χ2n) is 23.3. The fourth-order valence-corrected chi connectivity index (χ4v) is 14.5. The Morgan fingerprint density at radius 2 is 0.790 bits per heavy atom. The molecule has 382 valence electrons. The Labute approximate surface area is 472 Å². The molecule has 14 aromatic rings. The van der Waals surface area contributed by atoms with Crippen LogP contribution in [-0.4, -0.2) is 9.13 Å². The first-order valence-corrected chi connectivity index (χ1v) is 28.9. The molecule has 0 radical (unpaired) electrons. The molecule has 0 saturated heterocycles. The van der Waals surface area contributed by atoms with Crippen LogP contribution < -0.4 is 0 Å². The van der Waals surface area contributed by atoms with Gasteiger partial charge in [0.05, 0.1) is 22.1 Å². The molecule has 2 heterocycles. The Morgan fingerprint density at radius 3 is 1.35 bits per heavy atom. The number of hydrogen-bond acceptors (Lipinski definition) is 0. The van der Waals surface area contributed by atoms with Crippen molar-refractivity contribution in [2.45, 2.75) is 38.0 Å². The lowest BCUT2D eigenvalue weighted by Gasteiger charge is -2.50. The van der Waals surface area contributed by atoms with Crippen molar-refractivity contribution in [3.05, 3.63) is 295 Å². The van der Waals surface area contributed by atoms with Gasteiger partial charge in [-0.3, -0.25) is 0 Å². The summed E-state index contributed by atoms with van der Waals surface area (Å²) in [5.41, 5.74) is 28.3. The fourth-order valence-electron chi connectivity index (χ4n) is 14.5. The molecule has 0 amide bonds. The lowest BCUT2D eigenvalue weighted by atomic mass is 9.54. The average molecular weight is 1030 g/mol. The molecule has 2 atom stereocenters. The van der Waals surface area contributed by atoms with Crippen molar-refractivity contribution in [2.75, 3.05) is 0 Å². The minimum Gasteiger partial charge on any atom is -0.309 e. The number of allylic oxidation sites excluding steroid dienone is 1. The summed E-state index contributed by atoms with van der Waals surface area (Å²) in [6, 6.07) is 97.8. The smallest absolute Gasteiger partial charge is 0.0541 e. The van der Waals surface area contributed by atoms with Crippen molar-refractivity contribution in [1.29, 1.82) is 0 Å². The third kappa shape index (κ3) is 7.19. The van der Waals surface area contributed by atoms with E-state index >= 15 is 0 Å². The van der Waals surface area contributed by atoms with E-state index in [2.05, 4.69) is 283 Å². The van der Waals surface area contributed by atoms with Gasteiger partial charge in [-0.25, -0.2) is 0 Å². The number of aromatic nitrogens is 2. The maximum absolute atomic E-state index is 2.57. The Balaban J connectivity index is 0.637. The highest BCUT2D eigenvalue weighted by atomic mass is 15.0. The summed E-state index contributed by atoms with van der Waals surface area (Å²) >= 11 is 0. The summed E-state index contributed by atoms with van der Waals surface area (Å²) in [6.07, 6.45) is 7.45. The molecule has 12 aromatic carbocycles.